The molecule has 8 heteroatoms. The Kier molecular flexibility index (Phi) is 5.00. The summed E-state index contributed by atoms with van der Waals surface area (Å²) < 4.78 is 2.89. The molecule has 3 heterocycles. The number of fused-ring (bicyclic) bond motifs is 2. The molecule has 31 heavy (non-hydrogen) atoms. The molecule has 1 aliphatic rings. The lowest BCUT2D eigenvalue weighted by molar-refractivity contribution is -0.119. The molecule has 0 bridgehead atoms. The van der Waals surface area contributed by atoms with Crippen LogP contribution >= 0.6 is 22.9 Å². The van der Waals surface area contributed by atoms with Crippen molar-refractivity contribution in [3.8, 4) is 5.69 Å². The fourth-order valence-electron chi connectivity index (χ4n) is 4.10. The fourth-order valence-corrected chi connectivity index (χ4v) is 5.10. The molecule has 0 atom stereocenters. The summed E-state index contributed by atoms with van der Waals surface area (Å²) in [6.45, 7) is 0.451. The van der Waals surface area contributed by atoms with Gasteiger partial charge in [-0.3, -0.25) is 14.2 Å². The first-order chi connectivity index (χ1) is 15.0. The zero-order chi connectivity index (χ0) is 21.5. The van der Waals surface area contributed by atoms with Gasteiger partial charge in [-0.15, -0.1) is 11.3 Å². The molecular formula is C23H18ClN3O3S. The summed E-state index contributed by atoms with van der Waals surface area (Å²) in [6, 6.07) is 16.1. The van der Waals surface area contributed by atoms with Gasteiger partial charge in [0.1, 0.15) is 11.2 Å². The van der Waals surface area contributed by atoms with Gasteiger partial charge in [0.15, 0.2) is 0 Å². The fraction of sp³-hybridized carbons (Fsp3) is 0.174. The number of carbonyl (C=O) groups is 1. The molecule has 0 unspecified atom stereocenters. The minimum Gasteiger partial charge on any atom is -0.311 e. The van der Waals surface area contributed by atoms with Crippen LogP contribution in [0.25, 0.3) is 15.9 Å². The average molecular weight is 452 g/mol. The minimum absolute atomic E-state index is 0.152. The van der Waals surface area contributed by atoms with Crippen LogP contribution in [0.5, 0.6) is 0 Å². The highest BCUT2D eigenvalue weighted by Crippen LogP contribution is 2.27. The number of para-hydroxylation sites is 1. The van der Waals surface area contributed by atoms with E-state index in [-0.39, 0.29) is 12.5 Å². The van der Waals surface area contributed by atoms with Gasteiger partial charge in [0.25, 0.3) is 5.56 Å². The Morgan fingerprint density at radius 1 is 1.06 bits per heavy atom. The minimum atomic E-state index is -0.559. The van der Waals surface area contributed by atoms with Crippen LogP contribution in [0.1, 0.15) is 12.0 Å². The van der Waals surface area contributed by atoms with Crippen molar-refractivity contribution >= 4 is 44.7 Å². The van der Waals surface area contributed by atoms with Gasteiger partial charge in [0, 0.05) is 17.3 Å². The van der Waals surface area contributed by atoms with Crippen LogP contribution in [-0.4, -0.2) is 21.6 Å². The molecule has 0 radical (unpaired) electrons. The zero-order valence-electron chi connectivity index (χ0n) is 16.5. The van der Waals surface area contributed by atoms with E-state index in [9.17, 15) is 14.4 Å². The molecule has 0 spiro atoms. The lowest BCUT2D eigenvalue weighted by atomic mass is 10.0. The Labute approximate surface area is 186 Å². The summed E-state index contributed by atoms with van der Waals surface area (Å²) in [6.07, 6.45) is 1.79. The van der Waals surface area contributed by atoms with Crippen molar-refractivity contribution in [2.45, 2.75) is 19.4 Å². The Bertz CT molecular complexity index is 1440. The molecule has 1 aliphatic heterocycles. The van der Waals surface area contributed by atoms with E-state index in [4.69, 9.17) is 11.6 Å². The normalized spacial score (nSPS) is 13.4. The number of hydrogen-bond acceptors (Lipinski definition) is 4. The van der Waals surface area contributed by atoms with Gasteiger partial charge in [0.05, 0.1) is 11.2 Å². The summed E-state index contributed by atoms with van der Waals surface area (Å²) in [5.41, 5.74) is 1.89. The quantitative estimate of drug-likeness (QED) is 0.475. The van der Waals surface area contributed by atoms with Crippen molar-refractivity contribution in [3.63, 3.8) is 0 Å². The highest BCUT2D eigenvalue weighted by atomic mass is 35.5. The predicted molar refractivity (Wildman–Crippen MR) is 124 cm³/mol. The van der Waals surface area contributed by atoms with Gasteiger partial charge < -0.3 is 4.90 Å². The lowest BCUT2D eigenvalue weighted by Gasteiger charge is -2.29. The van der Waals surface area contributed by atoms with Crippen molar-refractivity contribution in [2.24, 2.45) is 0 Å². The second kappa shape index (κ2) is 7.83. The molecule has 0 aliphatic carbocycles. The molecule has 0 saturated heterocycles. The number of halogens is 1. The summed E-state index contributed by atoms with van der Waals surface area (Å²) in [7, 11) is 0. The van der Waals surface area contributed by atoms with Crippen molar-refractivity contribution in [2.75, 3.05) is 11.4 Å². The molecule has 6 nitrogen and oxygen atoms in total. The molecule has 1 amide bonds. The molecular weight excluding hydrogens is 434 g/mol. The van der Waals surface area contributed by atoms with Crippen LogP contribution in [0.15, 0.2) is 69.6 Å². The summed E-state index contributed by atoms with van der Waals surface area (Å²) >= 11 is 7.34. The smallest absolute Gasteiger partial charge is 0.311 e. The number of hydrogen-bond donors (Lipinski definition) is 0. The third-order valence-electron chi connectivity index (χ3n) is 5.53. The van der Waals surface area contributed by atoms with Crippen LogP contribution in [0.4, 0.5) is 5.69 Å². The van der Waals surface area contributed by atoms with E-state index in [1.165, 1.54) is 15.9 Å². The lowest BCUT2D eigenvalue weighted by Crippen LogP contribution is -2.43. The highest BCUT2D eigenvalue weighted by molar-refractivity contribution is 7.17. The Hall–Kier alpha value is -3.16. The standard InChI is InChI=1S/C23H18ClN3O3S/c24-16-7-3-8-17(13-16)27-22(29)21-19(10-12-31-21)26(23(27)30)14-20(28)25-11-4-6-15-5-1-2-9-18(15)25/h1-3,5,7-10,12-13H,4,6,11,14H2. The molecule has 0 saturated carbocycles. The number of rotatable bonds is 3. The van der Waals surface area contributed by atoms with Crippen molar-refractivity contribution < 1.29 is 4.79 Å². The first-order valence-corrected chi connectivity index (χ1v) is 11.2. The SMILES string of the molecule is O=C(Cn1c(=O)n(-c2cccc(Cl)c2)c(=O)c2sccc21)N1CCCc2ccccc21. The maximum absolute atomic E-state index is 13.4. The number of carbonyl (C=O) groups excluding carboxylic acids is 1. The number of thiophene rings is 1. The summed E-state index contributed by atoms with van der Waals surface area (Å²) in [5.74, 6) is -0.182. The van der Waals surface area contributed by atoms with Gasteiger partial charge in [-0.05, 0) is 54.1 Å². The van der Waals surface area contributed by atoms with E-state index < -0.39 is 11.2 Å². The topological polar surface area (TPSA) is 64.3 Å². The van der Waals surface area contributed by atoms with E-state index in [0.29, 0.717) is 27.5 Å². The van der Waals surface area contributed by atoms with Gasteiger partial charge >= 0.3 is 5.69 Å². The molecule has 4 aromatic rings. The maximum Gasteiger partial charge on any atom is 0.336 e. The van der Waals surface area contributed by atoms with Crippen LogP contribution < -0.4 is 16.1 Å². The van der Waals surface area contributed by atoms with Crippen molar-refractivity contribution in [1.29, 1.82) is 0 Å². The van der Waals surface area contributed by atoms with Gasteiger partial charge in [-0.1, -0.05) is 35.9 Å². The first-order valence-electron chi connectivity index (χ1n) is 9.92. The monoisotopic (exact) mass is 451 g/mol. The van der Waals surface area contributed by atoms with Crippen LogP contribution in [0.3, 0.4) is 0 Å². The molecule has 0 N–H and O–H groups in total. The summed E-state index contributed by atoms with van der Waals surface area (Å²) in [4.78, 5) is 41.5. The van der Waals surface area contributed by atoms with E-state index in [1.54, 1.807) is 40.6 Å². The molecule has 156 valence electrons. The van der Waals surface area contributed by atoms with E-state index >= 15 is 0 Å². The number of aryl methyl sites for hydroxylation is 1. The highest BCUT2D eigenvalue weighted by Gasteiger charge is 2.24. The Morgan fingerprint density at radius 2 is 1.90 bits per heavy atom. The first kappa shape index (κ1) is 19.8. The van der Waals surface area contributed by atoms with Crippen LogP contribution in [-0.2, 0) is 17.8 Å². The number of amides is 1. The molecule has 2 aromatic heterocycles. The number of nitrogens with zero attached hydrogens (tertiary/aromatic N) is 3. The van der Waals surface area contributed by atoms with Gasteiger partial charge in [0.2, 0.25) is 5.91 Å². The predicted octanol–water partition coefficient (Wildman–Crippen LogP) is 3.85. The number of aromatic nitrogens is 2. The van der Waals surface area contributed by atoms with Crippen LogP contribution in [0.2, 0.25) is 5.02 Å². The molecule has 5 rings (SSSR count). The van der Waals surface area contributed by atoms with E-state index in [2.05, 4.69) is 0 Å². The number of benzene rings is 2. The second-order valence-corrected chi connectivity index (χ2v) is 8.75. The van der Waals surface area contributed by atoms with E-state index in [1.807, 2.05) is 24.3 Å². The Balaban J connectivity index is 1.63. The third-order valence-corrected chi connectivity index (χ3v) is 6.65. The maximum atomic E-state index is 13.4. The second-order valence-electron chi connectivity index (χ2n) is 7.40. The van der Waals surface area contributed by atoms with Gasteiger partial charge in [-0.2, -0.15) is 0 Å². The summed E-state index contributed by atoms with van der Waals surface area (Å²) in [5, 5.41) is 2.17. The average Bonchev–Trinajstić information content (AvgIpc) is 3.26. The Morgan fingerprint density at radius 3 is 2.74 bits per heavy atom. The van der Waals surface area contributed by atoms with Crippen LogP contribution in [0, 0.1) is 0 Å². The largest absolute Gasteiger partial charge is 0.336 e. The van der Waals surface area contributed by atoms with Crippen molar-refractivity contribution in [1.82, 2.24) is 9.13 Å². The van der Waals surface area contributed by atoms with Crippen molar-refractivity contribution in [3.05, 3.63) is 91.4 Å². The van der Waals surface area contributed by atoms with Gasteiger partial charge in [-0.25, -0.2) is 9.36 Å². The molecule has 2 aromatic carbocycles. The number of anilines is 1. The van der Waals surface area contributed by atoms with E-state index in [0.717, 1.165) is 28.7 Å². The zero-order valence-corrected chi connectivity index (χ0v) is 18.0. The third kappa shape index (κ3) is 3.40. The molecule has 0 fully saturated rings.